The fourth-order valence-electron chi connectivity index (χ4n) is 3.21. The van der Waals surface area contributed by atoms with Crippen LogP contribution < -0.4 is 10.5 Å². The molecule has 2 rings (SSSR count). The highest BCUT2D eigenvalue weighted by molar-refractivity contribution is 7.90. The summed E-state index contributed by atoms with van der Waals surface area (Å²) < 4.78 is 42.9. The van der Waals surface area contributed by atoms with Crippen molar-refractivity contribution in [2.75, 3.05) is 19.9 Å². The van der Waals surface area contributed by atoms with Gasteiger partial charge in [0, 0.05) is 29.8 Å². The molecule has 1 aliphatic rings. The summed E-state index contributed by atoms with van der Waals surface area (Å²) in [6.07, 6.45) is 5.96. The lowest BCUT2D eigenvalue weighted by atomic mass is 9.69. The highest BCUT2D eigenvalue weighted by Crippen LogP contribution is 2.43. The summed E-state index contributed by atoms with van der Waals surface area (Å²) in [5, 5.41) is 0. The molecule has 0 atom stereocenters. The maximum Gasteiger partial charge on any atom is 0.178 e. The Morgan fingerprint density at radius 1 is 1.29 bits per heavy atom. The van der Waals surface area contributed by atoms with Crippen molar-refractivity contribution in [2.24, 2.45) is 5.73 Å². The molecule has 4 nitrogen and oxygen atoms in total. The van der Waals surface area contributed by atoms with Gasteiger partial charge in [-0.1, -0.05) is 19.3 Å². The number of halogens is 1. The molecule has 0 amide bonds. The fraction of sp³-hybridized carbons (Fsp3) is 0.600. The molecule has 1 aliphatic carbocycles. The highest BCUT2D eigenvalue weighted by Gasteiger charge is 2.36. The molecule has 0 aliphatic heterocycles. The normalized spacial score (nSPS) is 18.5. The number of nitrogens with two attached hydrogens (primary N) is 1. The van der Waals surface area contributed by atoms with Gasteiger partial charge in [0.2, 0.25) is 0 Å². The van der Waals surface area contributed by atoms with E-state index in [1.54, 1.807) is 0 Å². The molecule has 0 unspecified atom stereocenters. The molecule has 1 saturated carbocycles. The van der Waals surface area contributed by atoms with E-state index in [4.69, 9.17) is 10.5 Å². The van der Waals surface area contributed by atoms with E-state index in [1.165, 1.54) is 19.2 Å². The van der Waals surface area contributed by atoms with Crippen LogP contribution in [0.5, 0.6) is 5.75 Å². The minimum absolute atomic E-state index is 0.319. The van der Waals surface area contributed by atoms with Gasteiger partial charge in [0.05, 0.1) is 7.11 Å². The van der Waals surface area contributed by atoms with E-state index >= 15 is 0 Å². The van der Waals surface area contributed by atoms with Gasteiger partial charge in [0.1, 0.15) is 16.5 Å². The van der Waals surface area contributed by atoms with Crippen LogP contribution in [0.3, 0.4) is 0 Å². The molecule has 0 bridgehead atoms. The summed E-state index contributed by atoms with van der Waals surface area (Å²) in [6, 6.07) is 2.58. The number of rotatable bonds is 4. The molecule has 21 heavy (non-hydrogen) atoms. The second-order valence-corrected chi connectivity index (χ2v) is 7.78. The predicted molar refractivity (Wildman–Crippen MR) is 79.9 cm³/mol. The molecule has 0 aromatic heterocycles. The largest absolute Gasteiger partial charge is 0.496 e. The number of hydrogen-bond acceptors (Lipinski definition) is 4. The van der Waals surface area contributed by atoms with E-state index in [2.05, 4.69) is 0 Å². The van der Waals surface area contributed by atoms with Gasteiger partial charge in [-0.2, -0.15) is 0 Å². The molecule has 2 N–H and O–H groups in total. The van der Waals surface area contributed by atoms with Crippen LogP contribution in [-0.2, 0) is 15.3 Å². The zero-order valence-electron chi connectivity index (χ0n) is 12.5. The van der Waals surface area contributed by atoms with Gasteiger partial charge in [0.25, 0.3) is 0 Å². The smallest absolute Gasteiger partial charge is 0.178 e. The Bertz CT molecular complexity index is 622. The van der Waals surface area contributed by atoms with E-state index in [0.717, 1.165) is 38.4 Å². The Hall–Kier alpha value is -1.14. The third kappa shape index (κ3) is 3.06. The summed E-state index contributed by atoms with van der Waals surface area (Å²) >= 11 is 0. The maximum atomic E-state index is 14.2. The minimum atomic E-state index is -3.63. The van der Waals surface area contributed by atoms with E-state index in [-0.39, 0.29) is 10.3 Å². The van der Waals surface area contributed by atoms with Gasteiger partial charge in [-0.3, -0.25) is 0 Å². The number of benzene rings is 1. The Morgan fingerprint density at radius 2 is 1.90 bits per heavy atom. The number of hydrogen-bond donors (Lipinski definition) is 1. The first-order valence-corrected chi connectivity index (χ1v) is 9.01. The second kappa shape index (κ2) is 5.93. The maximum absolute atomic E-state index is 14.2. The van der Waals surface area contributed by atoms with E-state index in [0.29, 0.717) is 17.9 Å². The van der Waals surface area contributed by atoms with Gasteiger partial charge in [-0.15, -0.1) is 0 Å². The zero-order chi connectivity index (χ0) is 15.7. The first-order chi connectivity index (χ1) is 9.84. The minimum Gasteiger partial charge on any atom is -0.496 e. The zero-order valence-corrected chi connectivity index (χ0v) is 13.3. The first kappa shape index (κ1) is 16.2. The molecular weight excluding hydrogens is 293 g/mol. The van der Waals surface area contributed by atoms with Crippen LogP contribution in [0.1, 0.15) is 37.7 Å². The molecule has 1 fully saturated rings. The van der Waals surface area contributed by atoms with Crippen molar-refractivity contribution < 1.29 is 17.5 Å². The van der Waals surface area contributed by atoms with Crippen LogP contribution in [0.2, 0.25) is 0 Å². The average Bonchev–Trinajstić information content (AvgIpc) is 2.46. The SMILES string of the molecule is COc1cc(S(C)(=O)=O)c(F)cc1C1(CN)CCCCC1. The molecule has 6 heteroatoms. The molecule has 0 spiro atoms. The molecule has 1 aromatic rings. The van der Waals surface area contributed by atoms with Crippen LogP contribution in [0.25, 0.3) is 0 Å². The Labute approximate surface area is 125 Å². The van der Waals surface area contributed by atoms with Crippen molar-refractivity contribution in [3.63, 3.8) is 0 Å². The molecular formula is C15H22FNO3S. The molecule has 0 radical (unpaired) electrons. The van der Waals surface area contributed by atoms with Crippen LogP contribution in [0.15, 0.2) is 17.0 Å². The standard InChI is InChI=1S/C15H22FNO3S/c1-20-13-9-14(21(2,18)19)12(16)8-11(13)15(10-17)6-4-3-5-7-15/h8-9H,3-7,10,17H2,1-2H3. The van der Waals surface area contributed by atoms with Crippen molar-refractivity contribution in [1.82, 2.24) is 0 Å². The van der Waals surface area contributed by atoms with Gasteiger partial charge < -0.3 is 10.5 Å². The Morgan fingerprint density at radius 3 is 2.38 bits per heavy atom. The summed E-state index contributed by atoms with van der Waals surface area (Å²) in [5.41, 5.74) is 6.34. The third-order valence-electron chi connectivity index (χ3n) is 4.43. The van der Waals surface area contributed by atoms with Gasteiger partial charge >= 0.3 is 0 Å². The van der Waals surface area contributed by atoms with E-state index in [9.17, 15) is 12.8 Å². The van der Waals surface area contributed by atoms with Crippen molar-refractivity contribution in [3.8, 4) is 5.75 Å². The van der Waals surface area contributed by atoms with Crippen LogP contribution in [0.4, 0.5) is 4.39 Å². The van der Waals surface area contributed by atoms with Gasteiger partial charge in [0.15, 0.2) is 9.84 Å². The van der Waals surface area contributed by atoms with Crippen molar-refractivity contribution >= 4 is 9.84 Å². The average molecular weight is 315 g/mol. The fourth-order valence-corrected chi connectivity index (χ4v) is 3.95. The molecule has 118 valence electrons. The van der Waals surface area contributed by atoms with Crippen molar-refractivity contribution in [2.45, 2.75) is 42.4 Å². The summed E-state index contributed by atoms with van der Waals surface area (Å²) in [7, 11) is -2.16. The molecule has 0 saturated heterocycles. The van der Waals surface area contributed by atoms with E-state index in [1.807, 2.05) is 0 Å². The number of methoxy groups -OCH3 is 1. The summed E-state index contributed by atoms with van der Waals surface area (Å²) in [4.78, 5) is -0.328. The van der Waals surface area contributed by atoms with Crippen molar-refractivity contribution in [1.29, 1.82) is 0 Å². The van der Waals surface area contributed by atoms with E-state index < -0.39 is 15.7 Å². The molecule has 1 aromatic carbocycles. The van der Waals surface area contributed by atoms with Crippen LogP contribution >= 0.6 is 0 Å². The second-order valence-electron chi connectivity index (χ2n) is 5.80. The third-order valence-corrected chi connectivity index (χ3v) is 5.54. The topological polar surface area (TPSA) is 69.4 Å². The highest BCUT2D eigenvalue weighted by atomic mass is 32.2. The quantitative estimate of drug-likeness (QED) is 0.926. The van der Waals surface area contributed by atoms with Gasteiger partial charge in [-0.05, 0) is 18.9 Å². The lowest BCUT2D eigenvalue weighted by Crippen LogP contribution is -2.37. The summed E-state index contributed by atoms with van der Waals surface area (Å²) in [6.45, 7) is 0.404. The lowest BCUT2D eigenvalue weighted by Gasteiger charge is -2.37. The summed E-state index contributed by atoms with van der Waals surface area (Å²) in [5.74, 6) is -0.323. The van der Waals surface area contributed by atoms with Crippen molar-refractivity contribution in [3.05, 3.63) is 23.5 Å². The number of sulfone groups is 1. The first-order valence-electron chi connectivity index (χ1n) is 7.12. The monoisotopic (exact) mass is 315 g/mol. The predicted octanol–water partition coefficient (Wildman–Crippen LogP) is 2.40. The number of ether oxygens (including phenoxy) is 1. The lowest BCUT2D eigenvalue weighted by molar-refractivity contribution is 0.286. The molecule has 0 heterocycles. The Kier molecular flexibility index (Phi) is 4.58. The Balaban J connectivity index is 2.61. The van der Waals surface area contributed by atoms with Crippen LogP contribution in [-0.4, -0.2) is 28.3 Å². The van der Waals surface area contributed by atoms with Crippen LogP contribution in [0, 0.1) is 5.82 Å². The van der Waals surface area contributed by atoms with Gasteiger partial charge in [-0.25, -0.2) is 12.8 Å².